The van der Waals surface area contributed by atoms with Crippen molar-refractivity contribution in [3.63, 3.8) is 0 Å². The Morgan fingerprint density at radius 2 is 2.20 bits per heavy atom. The Morgan fingerprint density at radius 1 is 1.35 bits per heavy atom. The number of carbonyl (C=O) groups is 1. The van der Waals surface area contributed by atoms with Crippen molar-refractivity contribution in [3.05, 3.63) is 53.9 Å². The number of carbonyl (C=O) groups excluding carboxylic acids is 1. The number of nitrogens with one attached hydrogen (secondary N) is 2. The van der Waals surface area contributed by atoms with Crippen LogP contribution >= 0.6 is 0 Å². The van der Waals surface area contributed by atoms with Crippen LogP contribution in [0, 0.1) is 6.92 Å². The van der Waals surface area contributed by atoms with Crippen LogP contribution < -0.4 is 15.4 Å². The first kappa shape index (κ1) is 13.9. The predicted molar refractivity (Wildman–Crippen MR) is 77.8 cm³/mol. The van der Waals surface area contributed by atoms with Crippen LogP contribution in [0.4, 0.5) is 10.5 Å². The lowest BCUT2D eigenvalue weighted by molar-refractivity contribution is 0.251. The maximum absolute atomic E-state index is 11.8. The number of anilines is 1. The van der Waals surface area contributed by atoms with Gasteiger partial charge in [0, 0.05) is 24.6 Å². The Balaban J connectivity index is 1.90. The van der Waals surface area contributed by atoms with Gasteiger partial charge in [0.15, 0.2) is 0 Å². The molecule has 5 heteroatoms. The first-order valence-corrected chi connectivity index (χ1v) is 6.27. The highest BCUT2D eigenvalue weighted by Gasteiger charge is 2.04. The summed E-state index contributed by atoms with van der Waals surface area (Å²) in [7, 11) is 1.62. The molecule has 0 saturated heterocycles. The summed E-state index contributed by atoms with van der Waals surface area (Å²) in [6, 6.07) is 8.98. The number of amides is 2. The van der Waals surface area contributed by atoms with Gasteiger partial charge >= 0.3 is 6.03 Å². The number of ether oxygens (including phenoxy) is 1. The highest BCUT2D eigenvalue weighted by atomic mass is 16.5. The van der Waals surface area contributed by atoms with Gasteiger partial charge in [0.05, 0.1) is 7.11 Å². The molecule has 2 N–H and O–H groups in total. The van der Waals surface area contributed by atoms with Gasteiger partial charge in [0.1, 0.15) is 5.75 Å². The molecule has 1 heterocycles. The molecule has 0 fully saturated rings. The molecule has 0 atom stereocenters. The molecule has 0 aliphatic heterocycles. The zero-order valence-corrected chi connectivity index (χ0v) is 11.5. The third-order valence-corrected chi connectivity index (χ3v) is 2.83. The normalized spacial score (nSPS) is 9.90. The van der Waals surface area contributed by atoms with Gasteiger partial charge in [-0.15, -0.1) is 0 Å². The summed E-state index contributed by atoms with van der Waals surface area (Å²) >= 11 is 0. The number of pyridine rings is 1. The first-order valence-electron chi connectivity index (χ1n) is 6.27. The number of methoxy groups -OCH3 is 1. The molecule has 0 aliphatic carbocycles. The van der Waals surface area contributed by atoms with Crippen molar-refractivity contribution in [3.8, 4) is 5.75 Å². The number of urea groups is 1. The van der Waals surface area contributed by atoms with Crippen LogP contribution in [0.3, 0.4) is 0 Å². The molecule has 0 saturated carbocycles. The molecule has 2 aromatic rings. The molecular formula is C15H17N3O2. The molecular weight excluding hydrogens is 254 g/mol. The summed E-state index contributed by atoms with van der Waals surface area (Å²) in [6.07, 6.45) is 3.42. The van der Waals surface area contributed by atoms with Crippen LogP contribution in [-0.4, -0.2) is 18.1 Å². The Labute approximate surface area is 118 Å². The molecule has 2 rings (SSSR count). The van der Waals surface area contributed by atoms with Crippen molar-refractivity contribution in [2.24, 2.45) is 0 Å². The SMILES string of the molecule is COc1ccc(NC(=O)NCc2cccnc2)cc1C. The Morgan fingerprint density at radius 3 is 2.85 bits per heavy atom. The monoisotopic (exact) mass is 271 g/mol. The van der Waals surface area contributed by atoms with Crippen molar-refractivity contribution in [2.45, 2.75) is 13.5 Å². The molecule has 0 bridgehead atoms. The number of aryl methyl sites for hydroxylation is 1. The molecule has 0 radical (unpaired) electrons. The third kappa shape index (κ3) is 3.71. The van der Waals surface area contributed by atoms with Crippen LogP contribution in [0.2, 0.25) is 0 Å². The number of aromatic nitrogens is 1. The summed E-state index contributed by atoms with van der Waals surface area (Å²) < 4.78 is 5.17. The van der Waals surface area contributed by atoms with Crippen LogP contribution in [0.15, 0.2) is 42.7 Å². The van der Waals surface area contributed by atoms with E-state index >= 15 is 0 Å². The van der Waals surface area contributed by atoms with E-state index in [1.54, 1.807) is 25.6 Å². The number of hydrogen-bond donors (Lipinski definition) is 2. The topological polar surface area (TPSA) is 63.2 Å². The second-order valence-corrected chi connectivity index (χ2v) is 4.35. The Kier molecular flexibility index (Phi) is 4.55. The summed E-state index contributed by atoms with van der Waals surface area (Å²) in [5, 5.41) is 5.55. The largest absolute Gasteiger partial charge is 0.496 e. The minimum Gasteiger partial charge on any atom is -0.496 e. The fraction of sp³-hybridized carbons (Fsp3) is 0.200. The molecule has 20 heavy (non-hydrogen) atoms. The Hall–Kier alpha value is -2.56. The van der Waals surface area contributed by atoms with E-state index in [2.05, 4.69) is 15.6 Å². The zero-order chi connectivity index (χ0) is 14.4. The van der Waals surface area contributed by atoms with Gasteiger partial charge in [-0.05, 0) is 42.3 Å². The lowest BCUT2D eigenvalue weighted by Gasteiger charge is -2.10. The number of rotatable bonds is 4. The number of hydrogen-bond acceptors (Lipinski definition) is 3. The van der Waals surface area contributed by atoms with Crippen molar-refractivity contribution >= 4 is 11.7 Å². The second kappa shape index (κ2) is 6.56. The second-order valence-electron chi connectivity index (χ2n) is 4.35. The van der Waals surface area contributed by atoms with Crippen molar-refractivity contribution in [2.75, 3.05) is 12.4 Å². The van der Waals surface area contributed by atoms with Gasteiger partial charge in [-0.3, -0.25) is 4.98 Å². The summed E-state index contributed by atoms with van der Waals surface area (Å²) in [4.78, 5) is 15.8. The maximum atomic E-state index is 11.8. The quantitative estimate of drug-likeness (QED) is 0.898. The lowest BCUT2D eigenvalue weighted by atomic mass is 10.2. The van der Waals surface area contributed by atoms with E-state index in [4.69, 9.17) is 4.74 Å². The van der Waals surface area contributed by atoms with E-state index in [1.165, 1.54) is 0 Å². The van der Waals surface area contributed by atoms with Gasteiger partial charge in [0.25, 0.3) is 0 Å². The van der Waals surface area contributed by atoms with Crippen LogP contribution in [0.1, 0.15) is 11.1 Å². The lowest BCUT2D eigenvalue weighted by Crippen LogP contribution is -2.28. The molecule has 2 amide bonds. The smallest absolute Gasteiger partial charge is 0.319 e. The first-order chi connectivity index (χ1) is 9.69. The van der Waals surface area contributed by atoms with E-state index in [0.29, 0.717) is 6.54 Å². The van der Waals surface area contributed by atoms with Crippen molar-refractivity contribution < 1.29 is 9.53 Å². The van der Waals surface area contributed by atoms with Gasteiger partial charge in [-0.25, -0.2) is 4.79 Å². The van der Waals surface area contributed by atoms with E-state index in [1.807, 2.05) is 31.2 Å². The van der Waals surface area contributed by atoms with E-state index in [0.717, 1.165) is 22.6 Å². The van der Waals surface area contributed by atoms with E-state index in [9.17, 15) is 4.79 Å². The zero-order valence-electron chi connectivity index (χ0n) is 11.5. The summed E-state index contributed by atoms with van der Waals surface area (Å²) in [6.45, 7) is 2.37. The fourth-order valence-corrected chi connectivity index (χ4v) is 1.82. The average molecular weight is 271 g/mol. The van der Waals surface area contributed by atoms with Crippen LogP contribution in [0.25, 0.3) is 0 Å². The van der Waals surface area contributed by atoms with E-state index in [-0.39, 0.29) is 6.03 Å². The predicted octanol–water partition coefficient (Wildman–Crippen LogP) is 2.72. The molecule has 0 spiro atoms. The fourth-order valence-electron chi connectivity index (χ4n) is 1.82. The summed E-state index contributed by atoms with van der Waals surface area (Å²) in [5.74, 6) is 0.798. The highest BCUT2D eigenvalue weighted by Crippen LogP contribution is 2.21. The van der Waals surface area contributed by atoms with Crippen LogP contribution in [-0.2, 0) is 6.54 Å². The molecule has 104 valence electrons. The molecule has 1 aromatic carbocycles. The van der Waals surface area contributed by atoms with Crippen molar-refractivity contribution in [1.29, 1.82) is 0 Å². The van der Waals surface area contributed by atoms with Crippen molar-refractivity contribution in [1.82, 2.24) is 10.3 Å². The molecule has 0 unspecified atom stereocenters. The maximum Gasteiger partial charge on any atom is 0.319 e. The van der Waals surface area contributed by atoms with E-state index < -0.39 is 0 Å². The highest BCUT2D eigenvalue weighted by molar-refractivity contribution is 5.89. The third-order valence-electron chi connectivity index (χ3n) is 2.83. The Bertz CT molecular complexity index is 585. The van der Waals surface area contributed by atoms with Gasteiger partial charge in [0.2, 0.25) is 0 Å². The minimum atomic E-state index is -0.251. The summed E-state index contributed by atoms with van der Waals surface area (Å²) in [5.41, 5.74) is 2.65. The van der Waals surface area contributed by atoms with Gasteiger partial charge < -0.3 is 15.4 Å². The average Bonchev–Trinajstić information content (AvgIpc) is 2.46. The number of nitrogens with zero attached hydrogens (tertiary/aromatic N) is 1. The van der Waals surface area contributed by atoms with Gasteiger partial charge in [-0.1, -0.05) is 6.07 Å². The number of benzene rings is 1. The molecule has 0 aliphatic rings. The standard InChI is InChI=1S/C15H17N3O2/c1-11-8-13(5-6-14(11)20-2)18-15(19)17-10-12-4-3-7-16-9-12/h3-9H,10H2,1-2H3,(H2,17,18,19). The molecule has 5 nitrogen and oxygen atoms in total. The van der Waals surface area contributed by atoms with Gasteiger partial charge in [-0.2, -0.15) is 0 Å². The molecule has 1 aromatic heterocycles. The minimum absolute atomic E-state index is 0.251. The van der Waals surface area contributed by atoms with Crippen LogP contribution in [0.5, 0.6) is 5.75 Å².